The number of benzene rings is 1. The highest BCUT2D eigenvalue weighted by molar-refractivity contribution is 6.36. The monoisotopic (exact) mass is 292 g/mol. The van der Waals surface area contributed by atoms with E-state index < -0.39 is 5.82 Å². The van der Waals surface area contributed by atoms with Crippen molar-refractivity contribution in [2.75, 3.05) is 26.7 Å². The Bertz CT molecular complexity index is 399. The lowest BCUT2D eigenvalue weighted by Gasteiger charge is -2.20. The summed E-state index contributed by atoms with van der Waals surface area (Å²) in [5.41, 5.74) is 0.623. The Hall–Kier alpha value is -0.350. The second-order valence-corrected chi connectivity index (χ2v) is 5.11. The van der Waals surface area contributed by atoms with Crippen molar-refractivity contribution in [2.24, 2.45) is 0 Å². The molecule has 1 aromatic carbocycles. The molecule has 1 unspecified atom stereocenters. The zero-order chi connectivity index (χ0) is 13.7. The van der Waals surface area contributed by atoms with Gasteiger partial charge in [-0.15, -0.1) is 0 Å². The number of halogens is 3. The van der Waals surface area contributed by atoms with E-state index in [1.807, 2.05) is 6.92 Å². The van der Waals surface area contributed by atoms with Gasteiger partial charge in [-0.25, -0.2) is 4.39 Å². The number of nitrogens with zero attached hydrogens (tertiary/aromatic N) is 1. The Balaban J connectivity index is 2.67. The highest BCUT2D eigenvalue weighted by Gasteiger charge is 2.16. The molecule has 1 N–H and O–H groups in total. The van der Waals surface area contributed by atoms with Crippen molar-refractivity contribution >= 4 is 23.2 Å². The number of rotatable bonds is 6. The van der Waals surface area contributed by atoms with Gasteiger partial charge in [0.1, 0.15) is 5.82 Å². The van der Waals surface area contributed by atoms with Crippen LogP contribution in [0.15, 0.2) is 12.1 Å². The van der Waals surface area contributed by atoms with Crippen LogP contribution in [0.25, 0.3) is 0 Å². The zero-order valence-electron chi connectivity index (χ0n) is 10.9. The maximum atomic E-state index is 13.4. The molecule has 0 bridgehead atoms. The highest BCUT2D eigenvalue weighted by Crippen LogP contribution is 2.32. The first-order chi connectivity index (χ1) is 8.47. The first-order valence-electron chi connectivity index (χ1n) is 6.02. The fraction of sp³-hybridized carbons (Fsp3) is 0.538. The molecule has 2 nitrogen and oxygen atoms in total. The predicted molar refractivity (Wildman–Crippen MR) is 76.0 cm³/mol. The summed E-state index contributed by atoms with van der Waals surface area (Å²) in [6, 6.07) is 2.74. The molecule has 0 saturated carbocycles. The Morgan fingerprint density at radius 2 is 2.06 bits per heavy atom. The molecule has 0 aliphatic heterocycles. The van der Waals surface area contributed by atoms with Crippen LogP contribution < -0.4 is 5.32 Å². The van der Waals surface area contributed by atoms with Gasteiger partial charge in [0.2, 0.25) is 0 Å². The van der Waals surface area contributed by atoms with E-state index in [1.165, 1.54) is 12.1 Å². The molecule has 1 rings (SSSR count). The normalized spacial score (nSPS) is 13.1. The molecule has 5 heteroatoms. The third kappa shape index (κ3) is 4.09. The summed E-state index contributed by atoms with van der Waals surface area (Å²) < 4.78 is 13.4. The maximum Gasteiger partial charge on any atom is 0.142 e. The van der Waals surface area contributed by atoms with E-state index in [0.717, 1.165) is 19.6 Å². The van der Waals surface area contributed by atoms with Crippen molar-refractivity contribution in [3.63, 3.8) is 0 Å². The van der Waals surface area contributed by atoms with E-state index in [-0.39, 0.29) is 11.1 Å². The van der Waals surface area contributed by atoms with Gasteiger partial charge in [0.25, 0.3) is 0 Å². The molecule has 18 heavy (non-hydrogen) atoms. The molecule has 102 valence electrons. The quantitative estimate of drug-likeness (QED) is 0.804. The van der Waals surface area contributed by atoms with Gasteiger partial charge >= 0.3 is 0 Å². The van der Waals surface area contributed by atoms with Gasteiger partial charge < -0.3 is 10.2 Å². The van der Waals surface area contributed by atoms with Gasteiger partial charge in [-0.2, -0.15) is 0 Å². The molecule has 1 aromatic rings. The minimum absolute atomic E-state index is 0.0778. The Kier molecular flexibility index (Phi) is 6.36. The third-order valence-corrected chi connectivity index (χ3v) is 3.71. The van der Waals surface area contributed by atoms with Crippen LogP contribution in [-0.2, 0) is 0 Å². The Morgan fingerprint density at radius 1 is 1.39 bits per heavy atom. The van der Waals surface area contributed by atoms with Gasteiger partial charge in [-0.3, -0.25) is 0 Å². The molecule has 0 heterocycles. The predicted octanol–water partition coefficient (Wildman–Crippen LogP) is 3.73. The summed E-state index contributed by atoms with van der Waals surface area (Å²) >= 11 is 12.0. The van der Waals surface area contributed by atoms with Crippen LogP contribution in [0.3, 0.4) is 0 Å². The Morgan fingerprint density at radius 3 is 2.67 bits per heavy atom. The van der Waals surface area contributed by atoms with Gasteiger partial charge in [0, 0.05) is 29.7 Å². The van der Waals surface area contributed by atoms with Crippen LogP contribution in [0.5, 0.6) is 0 Å². The standard InChI is InChI=1S/C13H19Cl2FN2/c1-4-18(3)8-7-17-9(2)12-10(14)5-6-11(16)13(12)15/h5-6,9,17H,4,7-8H2,1-3H3. The summed E-state index contributed by atoms with van der Waals surface area (Å²) in [4.78, 5) is 2.19. The molecular formula is C13H19Cl2FN2. The van der Waals surface area contributed by atoms with E-state index in [4.69, 9.17) is 23.2 Å². The SMILES string of the molecule is CCN(C)CCNC(C)c1c(Cl)ccc(F)c1Cl. The van der Waals surface area contributed by atoms with Gasteiger partial charge in [-0.05, 0) is 32.6 Å². The molecule has 0 aliphatic rings. The zero-order valence-corrected chi connectivity index (χ0v) is 12.4. The molecule has 0 amide bonds. The van der Waals surface area contributed by atoms with Gasteiger partial charge in [-0.1, -0.05) is 30.1 Å². The number of likely N-dealkylation sites (N-methyl/N-ethyl adjacent to an activating group) is 1. The average Bonchev–Trinajstić information content (AvgIpc) is 2.34. The molecule has 0 spiro atoms. The van der Waals surface area contributed by atoms with E-state index in [1.54, 1.807) is 0 Å². The number of hydrogen-bond acceptors (Lipinski definition) is 2. The average molecular weight is 293 g/mol. The van der Waals surface area contributed by atoms with Crippen molar-refractivity contribution < 1.29 is 4.39 Å². The van der Waals surface area contributed by atoms with Crippen molar-refractivity contribution in [3.05, 3.63) is 33.6 Å². The van der Waals surface area contributed by atoms with Crippen molar-refractivity contribution in [3.8, 4) is 0 Å². The van der Waals surface area contributed by atoms with E-state index in [0.29, 0.717) is 10.6 Å². The second kappa shape index (κ2) is 7.29. The highest BCUT2D eigenvalue weighted by atomic mass is 35.5. The van der Waals surface area contributed by atoms with E-state index in [9.17, 15) is 4.39 Å². The fourth-order valence-electron chi connectivity index (χ4n) is 1.67. The largest absolute Gasteiger partial charge is 0.309 e. The smallest absolute Gasteiger partial charge is 0.142 e. The van der Waals surface area contributed by atoms with Gasteiger partial charge in [0.05, 0.1) is 5.02 Å². The van der Waals surface area contributed by atoms with Crippen LogP contribution in [0.1, 0.15) is 25.5 Å². The van der Waals surface area contributed by atoms with Crippen LogP contribution in [0, 0.1) is 5.82 Å². The minimum atomic E-state index is -0.435. The summed E-state index contributed by atoms with van der Waals surface area (Å²) in [5, 5.41) is 3.89. The van der Waals surface area contributed by atoms with Gasteiger partial charge in [0.15, 0.2) is 0 Å². The second-order valence-electron chi connectivity index (χ2n) is 4.33. The van der Waals surface area contributed by atoms with Crippen molar-refractivity contribution in [1.29, 1.82) is 0 Å². The molecule has 0 radical (unpaired) electrons. The van der Waals surface area contributed by atoms with Crippen molar-refractivity contribution in [2.45, 2.75) is 19.9 Å². The summed E-state index contributed by atoms with van der Waals surface area (Å²) in [6.07, 6.45) is 0. The van der Waals surface area contributed by atoms with Crippen LogP contribution >= 0.6 is 23.2 Å². The van der Waals surface area contributed by atoms with Crippen molar-refractivity contribution in [1.82, 2.24) is 10.2 Å². The maximum absolute atomic E-state index is 13.4. The minimum Gasteiger partial charge on any atom is -0.309 e. The third-order valence-electron chi connectivity index (χ3n) is 3.00. The lowest BCUT2D eigenvalue weighted by Crippen LogP contribution is -2.30. The van der Waals surface area contributed by atoms with Crippen LogP contribution in [0.2, 0.25) is 10.0 Å². The molecule has 1 atom stereocenters. The number of nitrogens with one attached hydrogen (secondary N) is 1. The number of hydrogen-bond donors (Lipinski definition) is 1. The summed E-state index contributed by atoms with van der Waals surface area (Å²) in [5.74, 6) is -0.435. The molecule has 0 saturated heterocycles. The molecular weight excluding hydrogens is 274 g/mol. The summed E-state index contributed by atoms with van der Waals surface area (Å²) in [6.45, 7) is 6.75. The van der Waals surface area contributed by atoms with Crippen LogP contribution in [-0.4, -0.2) is 31.6 Å². The lowest BCUT2D eigenvalue weighted by atomic mass is 10.1. The lowest BCUT2D eigenvalue weighted by molar-refractivity contribution is 0.342. The molecule has 0 aromatic heterocycles. The first kappa shape index (κ1) is 15.7. The van der Waals surface area contributed by atoms with Crippen LogP contribution in [0.4, 0.5) is 4.39 Å². The summed E-state index contributed by atoms with van der Waals surface area (Å²) in [7, 11) is 2.05. The fourth-order valence-corrected chi connectivity index (χ4v) is 2.37. The Labute approximate surface area is 118 Å². The first-order valence-corrected chi connectivity index (χ1v) is 6.78. The van der Waals surface area contributed by atoms with E-state index >= 15 is 0 Å². The van der Waals surface area contributed by atoms with E-state index in [2.05, 4.69) is 24.2 Å². The molecule has 0 aliphatic carbocycles. The molecule has 0 fully saturated rings. The topological polar surface area (TPSA) is 15.3 Å².